The summed E-state index contributed by atoms with van der Waals surface area (Å²) in [6, 6.07) is 0. The molecule has 0 spiro atoms. The molecule has 0 aliphatic rings. The Morgan fingerprint density at radius 1 is 0.778 bits per heavy atom. The highest BCUT2D eigenvalue weighted by molar-refractivity contribution is 7.86. The number of alkyl halides is 3. The van der Waals surface area contributed by atoms with E-state index in [9.17, 15) is 30.0 Å². The third-order valence-electron chi connectivity index (χ3n) is 2.88. The van der Waals surface area contributed by atoms with E-state index in [2.05, 4.69) is 13.1 Å². The maximum absolute atomic E-state index is 12.2. The van der Waals surface area contributed by atoms with Crippen molar-refractivity contribution in [2.24, 2.45) is 10.8 Å². The molecule has 164 valence electrons. The van der Waals surface area contributed by atoms with Crippen molar-refractivity contribution in [1.82, 2.24) is 0 Å². The minimum absolute atomic E-state index is 0.0523. The summed E-state index contributed by atoms with van der Waals surface area (Å²) >= 11 is 0. The molecule has 0 amide bonds. The van der Waals surface area contributed by atoms with Gasteiger partial charge in [-0.3, -0.25) is 8.74 Å². The quantitative estimate of drug-likeness (QED) is 0.330. The zero-order valence-electron chi connectivity index (χ0n) is 15.4. The predicted octanol–water partition coefficient (Wildman–Crippen LogP) is 1.41. The van der Waals surface area contributed by atoms with Gasteiger partial charge >= 0.3 is 16.6 Å². The number of rotatable bonds is 13. The van der Waals surface area contributed by atoms with Crippen LogP contribution in [0, 0.1) is 10.8 Å². The molecule has 27 heavy (non-hydrogen) atoms. The molecule has 9 nitrogen and oxygen atoms in total. The molecule has 0 fully saturated rings. The molecule has 0 saturated carbocycles. The molecule has 0 heterocycles. The summed E-state index contributed by atoms with van der Waals surface area (Å²) in [5.74, 6) is 0. The van der Waals surface area contributed by atoms with Gasteiger partial charge in [-0.2, -0.15) is 30.0 Å². The lowest BCUT2D eigenvalue weighted by Gasteiger charge is -2.31. The zero-order chi connectivity index (χ0) is 21.6. The Kier molecular flexibility index (Phi) is 9.62. The van der Waals surface area contributed by atoms with Gasteiger partial charge < -0.3 is 9.47 Å². The molecule has 1 atom stereocenters. The van der Waals surface area contributed by atoms with Gasteiger partial charge in [0.15, 0.2) is 0 Å². The second kappa shape index (κ2) is 9.80. The van der Waals surface area contributed by atoms with E-state index in [4.69, 9.17) is 9.29 Å². The van der Waals surface area contributed by atoms with Crippen molar-refractivity contribution >= 4 is 20.5 Å². The molecule has 0 aromatic heterocycles. The molecule has 14 heteroatoms. The van der Waals surface area contributed by atoms with Gasteiger partial charge in [-0.15, -0.1) is 0 Å². The molecular weight excluding hydrogens is 421 g/mol. The van der Waals surface area contributed by atoms with Gasteiger partial charge in [0.25, 0.3) is 10.1 Å². The summed E-state index contributed by atoms with van der Waals surface area (Å²) in [4.78, 5) is 0. The average Bonchev–Trinajstić information content (AvgIpc) is 2.40. The standard InChI is InChI=1S/C13H25F3O9S2/c1-11(2,6-24-26(4,17)18)5-22-7-12(3,9-25-27(19,20)21)8-23-10-13(14,15)16/h5-10H2,1-4H3,(H,19,20,21). The second-order valence-electron chi connectivity index (χ2n) is 7.23. The first kappa shape index (κ1) is 26.5. The van der Waals surface area contributed by atoms with Crippen molar-refractivity contribution in [2.75, 3.05) is 45.9 Å². The van der Waals surface area contributed by atoms with Crippen LogP contribution in [-0.4, -0.2) is 73.5 Å². The Morgan fingerprint density at radius 2 is 1.26 bits per heavy atom. The van der Waals surface area contributed by atoms with Crippen molar-refractivity contribution in [3.8, 4) is 0 Å². The van der Waals surface area contributed by atoms with Gasteiger partial charge in [0, 0.05) is 10.8 Å². The van der Waals surface area contributed by atoms with E-state index in [-0.39, 0.29) is 19.8 Å². The lowest BCUT2D eigenvalue weighted by atomic mass is 9.93. The largest absolute Gasteiger partial charge is 0.411 e. The SMILES string of the molecule is CC(C)(COCC(C)(COCC(F)(F)F)COS(=O)(=O)O)COS(C)(=O)=O. The van der Waals surface area contributed by atoms with E-state index in [0.29, 0.717) is 0 Å². The predicted molar refractivity (Wildman–Crippen MR) is 87.9 cm³/mol. The Bertz CT molecular complexity index is 659. The Labute approximate surface area is 157 Å². The fourth-order valence-electron chi connectivity index (χ4n) is 1.64. The summed E-state index contributed by atoms with van der Waals surface area (Å²) in [6.45, 7) is 1.25. The lowest BCUT2D eigenvalue weighted by Crippen LogP contribution is -2.38. The monoisotopic (exact) mass is 446 g/mol. The Balaban J connectivity index is 4.77. The van der Waals surface area contributed by atoms with E-state index in [1.54, 1.807) is 13.8 Å². The number of ether oxygens (including phenoxy) is 2. The molecular formula is C13H25F3O9S2. The van der Waals surface area contributed by atoms with E-state index < -0.39 is 57.3 Å². The van der Waals surface area contributed by atoms with E-state index in [1.165, 1.54) is 6.92 Å². The Morgan fingerprint density at radius 3 is 1.67 bits per heavy atom. The first-order valence-electron chi connectivity index (χ1n) is 7.51. The maximum Gasteiger partial charge on any atom is 0.411 e. The normalized spacial score (nSPS) is 16.3. The van der Waals surface area contributed by atoms with Crippen LogP contribution in [0.3, 0.4) is 0 Å². The van der Waals surface area contributed by atoms with Crippen LogP contribution in [0.1, 0.15) is 20.8 Å². The summed E-state index contributed by atoms with van der Waals surface area (Å²) in [6.07, 6.45) is -3.69. The van der Waals surface area contributed by atoms with Crippen molar-refractivity contribution in [2.45, 2.75) is 26.9 Å². The van der Waals surface area contributed by atoms with Crippen LogP contribution >= 0.6 is 0 Å². The molecule has 0 aliphatic heterocycles. The topological polar surface area (TPSA) is 125 Å². The minimum Gasteiger partial charge on any atom is -0.380 e. The molecule has 0 rings (SSSR count). The second-order valence-corrected chi connectivity index (χ2v) is 9.97. The van der Waals surface area contributed by atoms with Gasteiger partial charge in [0.1, 0.15) is 6.61 Å². The summed E-state index contributed by atoms with van der Waals surface area (Å²) in [5, 5.41) is 0. The molecule has 0 radical (unpaired) electrons. The minimum atomic E-state index is -4.81. The number of hydrogen-bond acceptors (Lipinski definition) is 8. The highest BCUT2D eigenvalue weighted by Gasteiger charge is 2.33. The Hall–Kier alpha value is -0.510. The van der Waals surface area contributed by atoms with Crippen LogP contribution in [0.2, 0.25) is 0 Å². The summed E-state index contributed by atoms with van der Waals surface area (Å²) in [7, 11) is -8.47. The fourth-order valence-corrected chi connectivity index (χ4v) is 2.60. The van der Waals surface area contributed by atoms with Crippen molar-refractivity contribution in [3.63, 3.8) is 0 Å². The van der Waals surface area contributed by atoms with E-state index in [1.807, 2.05) is 0 Å². The highest BCUT2D eigenvalue weighted by Crippen LogP contribution is 2.24. The molecule has 0 saturated heterocycles. The first-order chi connectivity index (χ1) is 11.8. The molecule has 1 unspecified atom stereocenters. The molecule has 0 aliphatic carbocycles. The molecule has 0 bridgehead atoms. The van der Waals surface area contributed by atoms with Crippen LogP contribution in [0.25, 0.3) is 0 Å². The third kappa shape index (κ3) is 16.2. The van der Waals surface area contributed by atoms with Crippen LogP contribution in [0.15, 0.2) is 0 Å². The summed E-state index contributed by atoms with van der Waals surface area (Å²) in [5.41, 5.74) is -2.10. The van der Waals surface area contributed by atoms with Crippen molar-refractivity contribution in [1.29, 1.82) is 0 Å². The van der Waals surface area contributed by atoms with E-state index in [0.717, 1.165) is 6.26 Å². The molecule has 0 aromatic carbocycles. The smallest absolute Gasteiger partial charge is 0.380 e. The van der Waals surface area contributed by atoms with Gasteiger partial charge in [0.05, 0.1) is 39.3 Å². The van der Waals surface area contributed by atoms with Gasteiger partial charge in [0.2, 0.25) is 0 Å². The van der Waals surface area contributed by atoms with Crippen molar-refractivity contribution < 1.29 is 52.4 Å². The van der Waals surface area contributed by atoms with Crippen LogP contribution in [0.5, 0.6) is 0 Å². The van der Waals surface area contributed by atoms with Gasteiger partial charge in [-0.25, -0.2) is 4.18 Å². The van der Waals surface area contributed by atoms with Gasteiger partial charge in [-0.05, 0) is 0 Å². The fraction of sp³-hybridized carbons (Fsp3) is 1.00. The highest BCUT2D eigenvalue weighted by atomic mass is 32.3. The van der Waals surface area contributed by atoms with Crippen LogP contribution in [0.4, 0.5) is 13.2 Å². The number of hydrogen-bond donors (Lipinski definition) is 1. The van der Waals surface area contributed by atoms with Crippen LogP contribution < -0.4 is 0 Å². The van der Waals surface area contributed by atoms with Crippen LogP contribution in [-0.2, 0) is 38.4 Å². The average molecular weight is 446 g/mol. The van der Waals surface area contributed by atoms with E-state index >= 15 is 0 Å². The summed E-state index contributed by atoms with van der Waals surface area (Å²) < 4.78 is 108. The van der Waals surface area contributed by atoms with Gasteiger partial charge in [-0.1, -0.05) is 20.8 Å². The molecule has 1 N–H and O–H groups in total. The molecule has 0 aromatic rings. The first-order valence-corrected chi connectivity index (χ1v) is 10.7. The number of halogens is 3. The maximum atomic E-state index is 12.2. The zero-order valence-corrected chi connectivity index (χ0v) is 17.0. The third-order valence-corrected chi connectivity index (χ3v) is 3.84. The lowest BCUT2D eigenvalue weighted by molar-refractivity contribution is -0.184. The van der Waals surface area contributed by atoms with Crippen molar-refractivity contribution in [3.05, 3.63) is 0 Å².